The number of benzene rings is 1. The van der Waals surface area contributed by atoms with E-state index in [-0.39, 0.29) is 5.91 Å². The van der Waals surface area contributed by atoms with E-state index in [4.69, 9.17) is 0 Å². The lowest BCUT2D eigenvalue weighted by Gasteiger charge is -2.21. The fourth-order valence-corrected chi connectivity index (χ4v) is 3.67. The molecular weight excluding hydrogens is 356 g/mol. The molecule has 0 saturated heterocycles. The van der Waals surface area contributed by atoms with Gasteiger partial charge in [0.25, 0.3) is 0 Å². The van der Waals surface area contributed by atoms with Gasteiger partial charge in [0.1, 0.15) is 0 Å². The molecule has 6 heteroatoms. The lowest BCUT2D eigenvalue weighted by Crippen LogP contribution is -2.21. The summed E-state index contributed by atoms with van der Waals surface area (Å²) in [5.74, 6) is 0.00344. The van der Waals surface area contributed by atoms with Crippen molar-refractivity contribution in [1.29, 1.82) is 0 Å². The van der Waals surface area contributed by atoms with Crippen molar-refractivity contribution in [3.63, 3.8) is 0 Å². The third kappa shape index (κ3) is 5.14. The fraction of sp³-hybridized carbons (Fsp3) is 0.286. The molecule has 0 aliphatic rings. The SMILES string of the molecule is CCN(CC)c1ccc(NC(=O)CCc2nc(-c3cccnc3)cs2)cc1. The molecule has 0 spiro atoms. The molecule has 2 heterocycles. The van der Waals surface area contributed by atoms with Gasteiger partial charge in [0.05, 0.1) is 10.7 Å². The van der Waals surface area contributed by atoms with E-state index in [9.17, 15) is 4.79 Å². The van der Waals surface area contributed by atoms with Crippen LogP contribution in [0.25, 0.3) is 11.3 Å². The number of anilines is 2. The molecule has 0 radical (unpaired) electrons. The maximum absolute atomic E-state index is 12.2. The van der Waals surface area contributed by atoms with Gasteiger partial charge < -0.3 is 10.2 Å². The van der Waals surface area contributed by atoms with Gasteiger partial charge in [-0.05, 0) is 50.2 Å². The van der Waals surface area contributed by atoms with Crippen molar-refractivity contribution in [2.45, 2.75) is 26.7 Å². The van der Waals surface area contributed by atoms with Crippen molar-refractivity contribution in [1.82, 2.24) is 9.97 Å². The molecule has 3 rings (SSSR count). The first-order chi connectivity index (χ1) is 13.2. The topological polar surface area (TPSA) is 58.1 Å². The highest BCUT2D eigenvalue weighted by molar-refractivity contribution is 7.09. The van der Waals surface area contributed by atoms with Gasteiger partial charge in [0.15, 0.2) is 0 Å². The van der Waals surface area contributed by atoms with Crippen molar-refractivity contribution in [3.05, 3.63) is 59.2 Å². The average Bonchev–Trinajstić information content (AvgIpc) is 3.18. The minimum atomic E-state index is 0.00344. The number of carbonyl (C=O) groups is 1. The minimum Gasteiger partial charge on any atom is -0.372 e. The first-order valence-electron chi connectivity index (χ1n) is 9.19. The van der Waals surface area contributed by atoms with Crippen LogP contribution < -0.4 is 10.2 Å². The van der Waals surface area contributed by atoms with Crippen molar-refractivity contribution >= 4 is 28.6 Å². The van der Waals surface area contributed by atoms with Crippen LogP contribution in [-0.2, 0) is 11.2 Å². The number of nitrogens with zero attached hydrogens (tertiary/aromatic N) is 3. The first-order valence-corrected chi connectivity index (χ1v) is 10.1. The Balaban J connectivity index is 1.52. The Bertz CT molecular complexity index is 857. The van der Waals surface area contributed by atoms with E-state index in [1.807, 2.05) is 41.8 Å². The number of pyridine rings is 1. The van der Waals surface area contributed by atoms with Gasteiger partial charge in [-0.2, -0.15) is 0 Å². The Labute approximate surface area is 164 Å². The summed E-state index contributed by atoms with van der Waals surface area (Å²) in [5, 5.41) is 5.93. The molecule has 0 aliphatic heterocycles. The van der Waals surface area contributed by atoms with Crippen molar-refractivity contribution in [2.24, 2.45) is 0 Å². The number of thiazole rings is 1. The molecule has 140 valence electrons. The van der Waals surface area contributed by atoms with Gasteiger partial charge in [-0.25, -0.2) is 4.98 Å². The summed E-state index contributed by atoms with van der Waals surface area (Å²) >= 11 is 1.58. The Kier molecular flexibility index (Phi) is 6.54. The maximum atomic E-state index is 12.2. The lowest BCUT2D eigenvalue weighted by atomic mass is 10.2. The Morgan fingerprint density at radius 3 is 2.59 bits per heavy atom. The van der Waals surface area contributed by atoms with Crippen molar-refractivity contribution in [3.8, 4) is 11.3 Å². The smallest absolute Gasteiger partial charge is 0.224 e. The summed E-state index contributed by atoms with van der Waals surface area (Å²) in [6.45, 7) is 6.21. The van der Waals surface area contributed by atoms with Gasteiger partial charge in [-0.15, -0.1) is 11.3 Å². The van der Waals surface area contributed by atoms with Crippen LogP contribution in [-0.4, -0.2) is 29.0 Å². The Hall–Kier alpha value is -2.73. The Morgan fingerprint density at radius 2 is 1.93 bits per heavy atom. The van der Waals surface area contributed by atoms with Gasteiger partial charge >= 0.3 is 0 Å². The normalized spacial score (nSPS) is 10.6. The number of rotatable bonds is 8. The predicted octanol–water partition coefficient (Wildman–Crippen LogP) is 4.62. The summed E-state index contributed by atoms with van der Waals surface area (Å²) in [5.41, 5.74) is 3.91. The minimum absolute atomic E-state index is 0.00344. The fourth-order valence-electron chi connectivity index (χ4n) is 2.86. The highest BCUT2D eigenvalue weighted by Crippen LogP contribution is 2.22. The third-order valence-corrected chi connectivity index (χ3v) is 5.26. The zero-order chi connectivity index (χ0) is 19.1. The zero-order valence-electron chi connectivity index (χ0n) is 15.7. The molecule has 0 fully saturated rings. The quantitative estimate of drug-likeness (QED) is 0.619. The molecule has 1 aromatic carbocycles. The van der Waals surface area contributed by atoms with Crippen LogP contribution in [0.5, 0.6) is 0 Å². The molecule has 0 bridgehead atoms. The number of aromatic nitrogens is 2. The molecule has 27 heavy (non-hydrogen) atoms. The number of aryl methyl sites for hydroxylation is 1. The van der Waals surface area contributed by atoms with Crippen LogP contribution in [0.2, 0.25) is 0 Å². The Morgan fingerprint density at radius 1 is 1.15 bits per heavy atom. The van der Waals surface area contributed by atoms with E-state index in [2.05, 4.69) is 34.0 Å². The summed E-state index contributed by atoms with van der Waals surface area (Å²) in [6, 6.07) is 11.9. The van der Waals surface area contributed by atoms with Crippen LogP contribution in [0, 0.1) is 0 Å². The monoisotopic (exact) mass is 380 g/mol. The molecule has 0 unspecified atom stereocenters. The molecule has 5 nitrogen and oxygen atoms in total. The van der Waals surface area contributed by atoms with Crippen LogP contribution in [0.4, 0.5) is 11.4 Å². The summed E-state index contributed by atoms with van der Waals surface area (Å²) in [6.07, 6.45) is 4.59. The number of carbonyl (C=O) groups excluding carboxylic acids is 1. The van der Waals surface area contributed by atoms with Crippen LogP contribution >= 0.6 is 11.3 Å². The van der Waals surface area contributed by atoms with Gasteiger partial charge in [0.2, 0.25) is 5.91 Å². The molecule has 0 aliphatic carbocycles. The maximum Gasteiger partial charge on any atom is 0.224 e. The molecule has 3 aromatic rings. The largest absolute Gasteiger partial charge is 0.372 e. The van der Waals surface area contributed by atoms with E-state index in [1.165, 1.54) is 5.69 Å². The molecule has 0 saturated carbocycles. The first kappa shape index (κ1) is 19.0. The predicted molar refractivity (Wildman–Crippen MR) is 112 cm³/mol. The molecule has 1 amide bonds. The highest BCUT2D eigenvalue weighted by atomic mass is 32.1. The van der Waals surface area contributed by atoms with Crippen molar-refractivity contribution < 1.29 is 4.79 Å². The van der Waals surface area contributed by atoms with E-state index in [1.54, 1.807) is 23.7 Å². The summed E-state index contributed by atoms with van der Waals surface area (Å²) in [4.78, 5) is 23.2. The highest BCUT2D eigenvalue weighted by Gasteiger charge is 2.08. The molecular formula is C21H24N4OS. The standard InChI is InChI=1S/C21H24N4OS/c1-3-25(4-2)18-9-7-17(8-10-18)23-20(26)11-12-21-24-19(15-27-21)16-6-5-13-22-14-16/h5-10,13-15H,3-4,11-12H2,1-2H3,(H,23,26). The second-order valence-electron chi connectivity index (χ2n) is 6.14. The van der Waals surface area contributed by atoms with E-state index < -0.39 is 0 Å². The second kappa shape index (κ2) is 9.28. The van der Waals surface area contributed by atoms with Crippen LogP contribution in [0.15, 0.2) is 54.2 Å². The van der Waals surface area contributed by atoms with E-state index in [0.717, 1.165) is 35.0 Å². The molecule has 0 atom stereocenters. The van der Waals surface area contributed by atoms with Gasteiger partial charge in [-0.3, -0.25) is 9.78 Å². The lowest BCUT2D eigenvalue weighted by molar-refractivity contribution is -0.116. The number of hydrogen-bond donors (Lipinski definition) is 1. The summed E-state index contributed by atoms with van der Waals surface area (Å²) < 4.78 is 0. The molecule has 1 N–H and O–H groups in total. The van der Waals surface area contributed by atoms with Gasteiger partial charge in [0, 0.05) is 60.6 Å². The number of amides is 1. The van der Waals surface area contributed by atoms with E-state index in [0.29, 0.717) is 12.8 Å². The van der Waals surface area contributed by atoms with Crippen molar-refractivity contribution in [2.75, 3.05) is 23.3 Å². The summed E-state index contributed by atoms with van der Waals surface area (Å²) in [7, 11) is 0. The number of nitrogens with one attached hydrogen (secondary N) is 1. The van der Waals surface area contributed by atoms with E-state index >= 15 is 0 Å². The van der Waals surface area contributed by atoms with Crippen LogP contribution in [0.3, 0.4) is 0 Å². The average molecular weight is 381 g/mol. The third-order valence-electron chi connectivity index (χ3n) is 4.35. The second-order valence-corrected chi connectivity index (χ2v) is 7.08. The molecule has 2 aromatic heterocycles. The number of hydrogen-bond acceptors (Lipinski definition) is 5. The van der Waals surface area contributed by atoms with Gasteiger partial charge in [-0.1, -0.05) is 0 Å². The van der Waals surface area contributed by atoms with Crippen LogP contribution in [0.1, 0.15) is 25.3 Å². The zero-order valence-corrected chi connectivity index (χ0v) is 16.5.